The third-order valence-electron chi connectivity index (χ3n) is 3.72. The normalized spacial score (nSPS) is 26.6. The maximum Gasteiger partial charge on any atom is 0.123 e. The molecule has 1 aliphatic rings. The lowest BCUT2D eigenvalue weighted by Crippen LogP contribution is -2.12. The topological polar surface area (TPSA) is 29.3 Å². The fourth-order valence-corrected chi connectivity index (χ4v) is 2.45. The number of nitrogens with zero attached hydrogens (tertiary/aromatic N) is 1. The first-order valence-electron chi connectivity index (χ1n) is 5.58. The van der Waals surface area contributed by atoms with Crippen LogP contribution in [0.2, 0.25) is 0 Å². The summed E-state index contributed by atoms with van der Waals surface area (Å²) in [4.78, 5) is 2.01. The standard InChI is InChI=1S/C13H19FN2/c1-13(2)11(12(13)15)9-7-8(14)5-6-10(9)16(3)4/h5-7,11-12H,15H2,1-4H3. The monoisotopic (exact) mass is 222 g/mol. The van der Waals surface area contributed by atoms with Gasteiger partial charge in [0.05, 0.1) is 0 Å². The number of rotatable bonds is 2. The lowest BCUT2D eigenvalue weighted by atomic mass is 10.0. The molecule has 0 spiro atoms. The van der Waals surface area contributed by atoms with Gasteiger partial charge in [0.25, 0.3) is 0 Å². The Hall–Kier alpha value is -1.09. The van der Waals surface area contributed by atoms with Crippen LogP contribution in [0.1, 0.15) is 25.3 Å². The van der Waals surface area contributed by atoms with Gasteiger partial charge in [-0.2, -0.15) is 0 Å². The minimum Gasteiger partial charge on any atom is -0.377 e. The summed E-state index contributed by atoms with van der Waals surface area (Å²) in [6, 6.07) is 5.08. The summed E-state index contributed by atoms with van der Waals surface area (Å²) >= 11 is 0. The van der Waals surface area contributed by atoms with E-state index in [0.717, 1.165) is 11.3 Å². The molecule has 16 heavy (non-hydrogen) atoms. The molecule has 1 saturated carbocycles. The number of anilines is 1. The molecule has 0 aromatic heterocycles. The Morgan fingerprint density at radius 3 is 2.31 bits per heavy atom. The predicted octanol–water partition coefficient (Wildman–Crippen LogP) is 2.34. The van der Waals surface area contributed by atoms with Crippen molar-refractivity contribution >= 4 is 5.69 Å². The quantitative estimate of drug-likeness (QED) is 0.832. The average molecular weight is 222 g/mol. The van der Waals surface area contributed by atoms with Gasteiger partial charge in [0.2, 0.25) is 0 Å². The molecule has 2 rings (SSSR count). The highest BCUT2D eigenvalue weighted by molar-refractivity contribution is 5.57. The van der Waals surface area contributed by atoms with E-state index in [4.69, 9.17) is 5.73 Å². The van der Waals surface area contributed by atoms with Crippen molar-refractivity contribution in [2.75, 3.05) is 19.0 Å². The van der Waals surface area contributed by atoms with E-state index in [2.05, 4.69) is 13.8 Å². The largest absolute Gasteiger partial charge is 0.377 e. The van der Waals surface area contributed by atoms with Gasteiger partial charge in [-0.3, -0.25) is 0 Å². The van der Waals surface area contributed by atoms with Crippen LogP contribution in [0.25, 0.3) is 0 Å². The molecule has 2 unspecified atom stereocenters. The van der Waals surface area contributed by atoms with Crippen molar-refractivity contribution in [3.63, 3.8) is 0 Å². The SMILES string of the molecule is CN(C)c1ccc(F)cc1C1C(N)C1(C)C. The van der Waals surface area contributed by atoms with E-state index < -0.39 is 0 Å². The molecule has 2 N–H and O–H groups in total. The van der Waals surface area contributed by atoms with Crippen LogP contribution in [0.5, 0.6) is 0 Å². The maximum atomic E-state index is 13.3. The zero-order valence-electron chi connectivity index (χ0n) is 10.3. The first-order chi connectivity index (χ1) is 7.35. The molecule has 1 aliphatic carbocycles. The van der Waals surface area contributed by atoms with Crippen molar-refractivity contribution in [3.05, 3.63) is 29.6 Å². The van der Waals surface area contributed by atoms with E-state index in [9.17, 15) is 4.39 Å². The second-order valence-electron chi connectivity index (χ2n) is 5.42. The van der Waals surface area contributed by atoms with Crippen molar-refractivity contribution in [1.82, 2.24) is 0 Å². The molecular weight excluding hydrogens is 203 g/mol. The number of hydrogen-bond acceptors (Lipinski definition) is 2. The molecule has 2 atom stereocenters. The van der Waals surface area contributed by atoms with Crippen LogP contribution < -0.4 is 10.6 Å². The Kier molecular flexibility index (Phi) is 2.46. The van der Waals surface area contributed by atoms with E-state index in [0.29, 0.717) is 0 Å². The fraction of sp³-hybridized carbons (Fsp3) is 0.538. The minimum absolute atomic E-state index is 0.0819. The first kappa shape index (κ1) is 11.4. The van der Waals surface area contributed by atoms with Gasteiger partial charge in [0, 0.05) is 31.7 Å². The summed E-state index contributed by atoms with van der Waals surface area (Å²) in [6.45, 7) is 4.26. The molecule has 2 nitrogen and oxygen atoms in total. The molecule has 0 heterocycles. The van der Waals surface area contributed by atoms with E-state index in [1.54, 1.807) is 6.07 Å². The van der Waals surface area contributed by atoms with E-state index in [-0.39, 0.29) is 23.2 Å². The summed E-state index contributed by atoms with van der Waals surface area (Å²) in [6.07, 6.45) is 0. The fourth-order valence-electron chi connectivity index (χ4n) is 2.45. The van der Waals surface area contributed by atoms with Gasteiger partial charge in [-0.1, -0.05) is 13.8 Å². The van der Waals surface area contributed by atoms with Gasteiger partial charge in [-0.05, 0) is 29.2 Å². The van der Waals surface area contributed by atoms with Crippen molar-refractivity contribution in [2.45, 2.75) is 25.8 Å². The van der Waals surface area contributed by atoms with Crippen LogP contribution in [-0.2, 0) is 0 Å². The minimum atomic E-state index is -0.185. The molecule has 0 bridgehead atoms. The van der Waals surface area contributed by atoms with Crippen molar-refractivity contribution < 1.29 is 4.39 Å². The Morgan fingerprint density at radius 2 is 1.88 bits per heavy atom. The summed E-state index contributed by atoms with van der Waals surface area (Å²) in [5, 5.41) is 0. The van der Waals surface area contributed by atoms with Gasteiger partial charge in [0.15, 0.2) is 0 Å². The molecule has 0 aliphatic heterocycles. The summed E-state index contributed by atoms with van der Waals surface area (Å²) in [7, 11) is 3.94. The third-order valence-corrected chi connectivity index (χ3v) is 3.72. The molecule has 3 heteroatoms. The summed E-state index contributed by atoms with van der Waals surface area (Å²) in [5.74, 6) is 0.0797. The molecule has 1 aromatic rings. The number of benzene rings is 1. The smallest absolute Gasteiger partial charge is 0.123 e. The second kappa shape index (κ2) is 3.45. The highest BCUT2D eigenvalue weighted by atomic mass is 19.1. The predicted molar refractivity (Wildman–Crippen MR) is 65.2 cm³/mol. The zero-order chi connectivity index (χ0) is 12.1. The van der Waals surface area contributed by atoms with Gasteiger partial charge in [-0.25, -0.2) is 4.39 Å². The molecule has 88 valence electrons. The highest BCUT2D eigenvalue weighted by Crippen LogP contribution is 2.59. The molecule has 0 amide bonds. The van der Waals surface area contributed by atoms with Crippen molar-refractivity contribution in [3.8, 4) is 0 Å². The van der Waals surface area contributed by atoms with E-state index >= 15 is 0 Å². The Balaban J connectivity index is 2.44. The lowest BCUT2D eigenvalue weighted by Gasteiger charge is -2.18. The molecule has 0 saturated heterocycles. The molecular formula is C13H19FN2. The molecule has 1 fully saturated rings. The van der Waals surface area contributed by atoms with E-state index in [1.165, 1.54) is 6.07 Å². The average Bonchev–Trinajstić information content (AvgIpc) is 2.65. The van der Waals surface area contributed by atoms with Gasteiger partial charge in [-0.15, -0.1) is 0 Å². The number of hydrogen-bond donors (Lipinski definition) is 1. The van der Waals surface area contributed by atoms with Gasteiger partial charge >= 0.3 is 0 Å². The Morgan fingerprint density at radius 1 is 1.31 bits per heavy atom. The van der Waals surface area contributed by atoms with E-state index in [1.807, 2.05) is 25.1 Å². The van der Waals surface area contributed by atoms with Crippen molar-refractivity contribution in [1.29, 1.82) is 0 Å². The lowest BCUT2D eigenvalue weighted by molar-refractivity contribution is 0.594. The third kappa shape index (κ3) is 1.59. The highest BCUT2D eigenvalue weighted by Gasteiger charge is 2.57. The molecule has 0 radical (unpaired) electrons. The van der Waals surface area contributed by atoms with Crippen LogP contribution >= 0.6 is 0 Å². The zero-order valence-corrected chi connectivity index (χ0v) is 10.3. The molecule has 1 aromatic carbocycles. The van der Waals surface area contributed by atoms with Crippen LogP contribution in [0.4, 0.5) is 10.1 Å². The summed E-state index contributed by atoms with van der Waals surface area (Å²) < 4.78 is 13.3. The van der Waals surface area contributed by atoms with Crippen LogP contribution in [-0.4, -0.2) is 20.1 Å². The van der Waals surface area contributed by atoms with Crippen LogP contribution in [0, 0.1) is 11.2 Å². The van der Waals surface area contributed by atoms with Crippen LogP contribution in [0.15, 0.2) is 18.2 Å². The second-order valence-corrected chi connectivity index (χ2v) is 5.42. The Bertz CT molecular complexity index is 412. The van der Waals surface area contributed by atoms with Crippen LogP contribution in [0.3, 0.4) is 0 Å². The first-order valence-corrected chi connectivity index (χ1v) is 5.58. The maximum absolute atomic E-state index is 13.3. The van der Waals surface area contributed by atoms with Gasteiger partial charge < -0.3 is 10.6 Å². The summed E-state index contributed by atoms with van der Waals surface area (Å²) in [5.41, 5.74) is 8.23. The number of halogens is 1. The van der Waals surface area contributed by atoms with Gasteiger partial charge in [0.1, 0.15) is 5.82 Å². The Labute approximate surface area is 96.2 Å². The number of nitrogens with two attached hydrogens (primary N) is 1. The van der Waals surface area contributed by atoms with Crippen molar-refractivity contribution in [2.24, 2.45) is 11.1 Å².